The first-order chi connectivity index (χ1) is 27.7. The molecule has 0 spiro atoms. The second-order valence-electron chi connectivity index (χ2n) is 14.0. The molecule has 59 heavy (non-hydrogen) atoms. The number of carbonyl (C=O) groups excluding carboxylic acids is 2. The first-order valence-electron chi connectivity index (χ1n) is 20.6. The van der Waals surface area contributed by atoms with E-state index in [-0.39, 0.29) is 27.6 Å². The van der Waals surface area contributed by atoms with Gasteiger partial charge in [-0.25, -0.2) is 0 Å². The minimum atomic E-state index is -1.48. The van der Waals surface area contributed by atoms with Crippen molar-refractivity contribution in [3.8, 4) is 23.0 Å². The molecule has 0 aliphatic carbocycles. The summed E-state index contributed by atoms with van der Waals surface area (Å²) >= 11 is 0. The summed E-state index contributed by atoms with van der Waals surface area (Å²) in [5, 5.41) is 57.6. The van der Waals surface area contributed by atoms with E-state index in [9.17, 15) is 30.0 Å². The van der Waals surface area contributed by atoms with Crippen LogP contribution in [-0.4, -0.2) is 43.8 Å². The third-order valence-electron chi connectivity index (χ3n) is 9.76. The molecule has 0 saturated carbocycles. The Bertz CT molecular complexity index is 1850. The van der Waals surface area contributed by atoms with E-state index in [2.05, 4.69) is 77.9 Å². The van der Waals surface area contributed by atoms with Crippen molar-refractivity contribution in [1.82, 2.24) is 0 Å². The monoisotopic (exact) mass is 852 g/mol. The van der Waals surface area contributed by atoms with Gasteiger partial charge in [0.1, 0.15) is 0 Å². The molecule has 0 fully saturated rings. The minimum absolute atomic E-state index is 0. The topological polar surface area (TPSA) is 186 Å². The quantitative estimate of drug-likeness (QED) is 0.0460. The Morgan fingerprint density at radius 2 is 0.797 bits per heavy atom. The van der Waals surface area contributed by atoms with Crippen LogP contribution >= 0.6 is 0 Å². The number of carbonyl (C=O) groups is 2. The molecule has 0 radical (unpaired) electrons. The smallest absolute Gasteiger partial charge is 0.545 e. The summed E-state index contributed by atoms with van der Waals surface area (Å²) in [5.41, 5.74) is 10.2. The zero-order valence-electron chi connectivity index (χ0n) is 35.9. The molecule has 4 rings (SSSR count). The number of nitrogens with zero attached hydrogens (tertiary/aromatic N) is 2. The minimum Gasteiger partial charge on any atom is -0.545 e. The molecule has 10 nitrogen and oxygen atoms in total. The van der Waals surface area contributed by atoms with Crippen molar-refractivity contribution in [1.29, 1.82) is 0 Å². The van der Waals surface area contributed by atoms with Crippen LogP contribution < -0.4 is 10.2 Å². The summed E-state index contributed by atoms with van der Waals surface area (Å²) in [7, 11) is 0. The molecule has 0 aliphatic heterocycles. The number of unbranched alkanes of at least 4 members (excludes halogenated alkanes) is 2. The average Bonchev–Trinajstić information content (AvgIpc) is 3.22. The third kappa shape index (κ3) is 15.9. The van der Waals surface area contributed by atoms with E-state index in [4.69, 9.17) is 20.2 Å². The summed E-state index contributed by atoms with van der Waals surface area (Å²) in [4.78, 5) is 31.6. The van der Waals surface area contributed by atoms with Crippen molar-refractivity contribution in [3.63, 3.8) is 0 Å². The van der Waals surface area contributed by atoms with Crippen LogP contribution in [0.25, 0.3) is 0 Å². The Morgan fingerprint density at radius 3 is 1.03 bits per heavy atom. The van der Waals surface area contributed by atoms with Gasteiger partial charge in [0, 0.05) is 11.1 Å². The fourth-order valence-corrected chi connectivity index (χ4v) is 6.25. The van der Waals surface area contributed by atoms with Crippen molar-refractivity contribution in [2.24, 2.45) is 9.98 Å². The number of phenols is 4. The molecule has 0 aromatic heterocycles. The Balaban J connectivity index is 0.000000527. The van der Waals surface area contributed by atoms with Crippen LogP contribution in [0.5, 0.6) is 23.0 Å². The summed E-state index contributed by atoms with van der Waals surface area (Å²) in [5.74, 6) is -5.11. The average molecular weight is 854 g/mol. The van der Waals surface area contributed by atoms with Gasteiger partial charge in [-0.3, -0.25) is 9.98 Å². The Hall–Kier alpha value is -5.15. The van der Waals surface area contributed by atoms with Crippen LogP contribution in [0.4, 0.5) is 11.4 Å². The number of phenolic OH excluding ortho intramolecular Hbond substituents is 2. The zero-order valence-corrected chi connectivity index (χ0v) is 36.9. The molecule has 11 heteroatoms. The van der Waals surface area contributed by atoms with E-state index < -0.39 is 34.9 Å². The second-order valence-corrected chi connectivity index (χ2v) is 14.0. The van der Waals surface area contributed by atoms with Gasteiger partial charge >= 0.3 is 16.5 Å². The van der Waals surface area contributed by atoms with Crippen LogP contribution in [-0.2, 0) is 55.0 Å². The SMILES string of the molecule is CCCCC(=Nc1cc(CC)cc(CC)c1)C(CCCC)=Nc1cc(CC)cc(CC)c1.CCc1ccc(O)c(O)c1C(=O)[O-].CCc1ccc(O)c(O)c1C(=O)[O-].[Ni+2]. The first-order valence-corrected chi connectivity index (χ1v) is 20.6. The summed E-state index contributed by atoms with van der Waals surface area (Å²) in [6, 6.07) is 19.1. The number of aliphatic imine (C=N–C) groups is 2. The molecule has 0 aliphatic rings. The molecule has 4 aromatic rings. The molecule has 0 heterocycles. The Labute approximate surface area is 360 Å². The number of carboxylic acids is 2. The molecule has 4 aromatic carbocycles. The van der Waals surface area contributed by atoms with Gasteiger partial charge in [-0.05, 0) is 134 Å². The molecule has 0 bridgehead atoms. The molecule has 0 atom stereocenters. The first kappa shape index (κ1) is 51.9. The van der Waals surface area contributed by atoms with Gasteiger partial charge in [-0.1, -0.05) is 92.5 Å². The van der Waals surface area contributed by atoms with E-state index in [1.165, 1.54) is 70.8 Å². The van der Waals surface area contributed by atoms with Gasteiger partial charge in [0.15, 0.2) is 23.0 Å². The maximum atomic E-state index is 10.6. The van der Waals surface area contributed by atoms with Crippen LogP contribution in [0, 0.1) is 0 Å². The van der Waals surface area contributed by atoms with Crippen molar-refractivity contribution in [2.75, 3.05) is 0 Å². The molecule has 0 amide bonds. The number of aromatic hydroxyl groups is 4. The van der Waals surface area contributed by atoms with Gasteiger partial charge in [0.05, 0.1) is 34.7 Å². The molecule has 322 valence electrons. The summed E-state index contributed by atoms with van der Waals surface area (Å²) < 4.78 is 0. The van der Waals surface area contributed by atoms with Crippen molar-refractivity contribution in [3.05, 3.63) is 105 Å². The maximum Gasteiger partial charge on any atom is 2.00 e. The van der Waals surface area contributed by atoms with Crippen LogP contribution in [0.15, 0.2) is 70.6 Å². The number of rotatable bonds is 17. The van der Waals surface area contributed by atoms with Gasteiger partial charge in [0.25, 0.3) is 0 Å². The maximum absolute atomic E-state index is 10.6. The van der Waals surface area contributed by atoms with Gasteiger partial charge in [-0.2, -0.15) is 0 Å². The largest absolute Gasteiger partial charge is 2.00 e. The molecular weight excluding hydrogens is 791 g/mol. The molecule has 0 unspecified atom stereocenters. The zero-order chi connectivity index (χ0) is 43.4. The van der Waals surface area contributed by atoms with Crippen LogP contribution in [0.3, 0.4) is 0 Å². The number of hydrogen-bond acceptors (Lipinski definition) is 10. The van der Waals surface area contributed by atoms with E-state index >= 15 is 0 Å². The van der Waals surface area contributed by atoms with Crippen LogP contribution in [0.2, 0.25) is 0 Å². The van der Waals surface area contributed by atoms with Crippen molar-refractivity contribution >= 4 is 34.7 Å². The standard InChI is InChI=1S/C30H44N2.2C9H10O4.Ni/c1-7-13-15-29(31-27-19-23(9-3)17-24(10-4)20-27)30(16-14-8-2)32-28-21-25(11-5)18-26(12-6)22-28;2*1-2-5-3-4-6(10)8(11)7(5)9(12)13;/h17-22H,7-16H2,1-6H3;2*3-4,10-11H,2H2,1H3,(H,12,13);/q;;;+2/p-2. The number of carboxylic acid groups (broad SMARTS) is 2. The Morgan fingerprint density at radius 1 is 0.492 bits per heavy atom. The number of benzene rings is 4. The molecular formula is C48H62N2NiO8. The Kier molecular flexibility index (Phi) is 23.5. The van der Waals surface area contributed by atoms with E-state index in [1.54, 1.807) is 13.8 Å². The van der Waals surface area contributed by atoms with E-state index in [0.717, 1.165) is 62.7 Å². The number of aromatic carboxylic acids is 2. The second kappa shape index (κ2) is 26.8. The van der Waals surface area contributed by atoms with Gasteiger partial charge < -0.3 is 40.2 Å². The van der Waals surface area contributed by atoms with Gasteiger partial charge in [-0.15, -0.1) is 0 Å². The third-order valence-corrected chi connectivity index (χ3v) is 9.76. The normalized spacial score (nSPS) is 11.1. The van der Waals surface area contributed by atoms with Crippen LogP contribution in [0.1, 0.15) is 148 Å². The number of aryl methyl sites for hydroxylation is 6. The summed E-state index contributed by atoms with van der Waals surface area (Å²) in [6.45, 7) is 16.9. The molecule has 0 saturated heterocycles. The van der Waals surface area contributed by atoms with Crippen molar-refractivity contribution < 1.29 is 56.7 Å². The number of hydrogen-bond donors (Lipinski definition) is 4. The van der Waals surface area contributed by atoms with Crippen molar-refractivity contribution in [2.45, 2.75) is 132 Å². The fraction of sp³-hybridized carbons (Fsp3) is 0.417. The predicted molar refractivity (Wildman–Crippen MR) is 231 cm³/mol. The molecule has 4 N–H and O–H groups in total. The van der Waals surface area contributed by atoms with E-state index in [1.807, 2.05) is 0 Å². The predicted octanol–water partition coefficient (Wildman–Crippen LogP) is 9.21. The summed E-state index contributed by atoms with van der Waals surface area (Å²) in [6.07, 6.45) is 11.7. The van der Waals surface area contributed by atoms with E-state index in [0.29, 0.717) is 24.0 Å². The van der Waals surface area contributed by atoms with Gasteiger partial charge in [0.2, 0.25) is 0 Å². The fourth-order valence-electron chi connectivity index (χ4n) is 6.25.